The van der Waals surface area contributed by atoms with Crippen LogP contribution in [-0.4, -0.2) is 0 Å². The van der Waals surface area contributed by atoms with E-state index in [1.54, 1.807) is 0 Å². The van der Waals surface area contributed by atoms with Gasteiger partial charge >= 0.3 is 0 Å². The summed E-state index contributed by atoms with van der Waals surface area (Å²) in [5.74, 6) is 0. The first-order chi connectivity index (χ1) is 30.6. The second kappa shape index (κ2) is 14.5. The monoisotopic (exact) mass is 812 g/mol. The zero-order valence-corrected chi connectivity index (χ0v) is 36.7. The summed E-state index contributed by atoms with van der Waals surface area (Å²) >= 11 is 0. The summed E-state index contributed by atoms with van der Waals surface area (Å²) in [6, 6.07) is 68.6. The number of para-hydroxylation sites is 4. The van der Waals surface area contributed by atoms with E-state index in [1.165, 1.54) is 78.4 Å². The summed E-state index contributed by atoms with van der Waals surface area (Å²) in [4.78, 5) is 5.00. The molecule has 2 heterocycles. The molecule has 0 bridgehead atoms. The highest BCUT2D eigenvalue weighted by Gasteiger charge is 2.45. The third-order valence-corrected chi connectivity index (χ3v) is 14.6. The second-order valence-electron chi connectivity index (χ2n) is 18.8. The highest BCUT2D eigenvalue weighted by Crippen LogP contribution is 2.58. The van der Waals surface area contributed by atoms with E-state index in [0.717, 1.165) is 35.3 Å². The molecule has 2 heteroatoms. The molecule has 8 aromatic carbocycles. The smallest absolute Gasteiger partial charge is 0.0502 e. The molecule has 63 heavy (non-hydrogen) atoms. The van der Waals surface area contributed by atoms with Crippen LogP contribution in [0.1, 0.15) is 83.3 Å². The first kappa shape index (κ1) is 38.7. The van der Waals surface area contributed by atoms with E-state index in [0.29, 0.717) is 0 Å². The van der Waals surface area contributed by atoms with Gasteiger partial charge in [0.25, 0.3) is 0 Å². The van der Waals surface area contributed by atoms with Crippen LogP contribution in [0.5, 0.6) is 0 Å². The van der Waals surface area contributed by atoms with Crippen LogP contribution in [0, 0.1) is 0 Å². The van der Waals surface area contributed by atoms with Gasteiger partial charge in [0, 0.05) is 27.6 Å². The molecule has 2 aliphatic heterocycles. The van der Waals surface area contributed by atoms with Crippen molar-refractivity contribution in [1.82, 2.24) is 0 Å². The molecule has 0 spiro atoms. The molecule has 0 saturated carbocycles. The highest BCUT2D eigenvalue weighted by molar-refractivity contribution is 5.93. The number of anilines is 6. The molecule has 1 aliphatic carbocycles. The predicted molar refractivity (Wildman–Crippen MR) is 267 cm³/mol. The SMILES string of the molecule is C=Cc1ccc(CC2(Cc3ccc(C=C)cc3)c3ccc(N4c5ccccc5C(C)(C)c5ccccc54)cc3-c3cc(N4c5ccccc5C(C)(C)c5ccccc54)ccc32)cc1. The van der Waals surface area contributed by atoms with Gasteiger partial charge in [0.1, 0.15) is 0 Å². The first-order valence-electron chi connectivity index (χ1n) is 22.3. The second-order valence-corrected chi connectivity index (χ2v) is 18.8. The van der Waals surface area contributed by atoms with Crippen molar-refractivity contribution in [3.05, 3.63) is 251 Å². The molecule has 3 aliphatic rings. The minimum absolute atomic E-state index is 0.144. The number of nitrogens with zero attached hydrogens (tertiary/aromatic N) is 2. The lowest BCUT2D eigenvalue weighted by molar-refractivity contribution is 0.520. The van der Waals surface area contributed by atoms with E-state index in [9.17, 15) is 0 Å². The van der Waals surface area contributed by atoms with Crippen molar-refractivity contribution in [1.29, 1.82) is 0 Å². The average molecular weight is 813 g/mol. The number of rotatable bonds is 8. The molecule has 0 fully saturated rings. The van der Waals surface area contributed by atoms with Crippen molar-refractivity contribution in [2.45, 2.75) is 56.8 Å². The van der Waals surface area contributed by atoms with Gasteiger partial charge in [-0.05, 0) is 128 Å². The van der Waals surface area contributed by atoms with Gasteiger partial charge in [0.05, 0.1) is 22.7 Å². The van der Waals surface area contributed by atoms with Crippen molar-refractivity contribution in [3.8, 4) is 11.1 Å². The third kappa shape index (κ3) is 5.92. The van der Waals surface area contributed by atoms with E-state index >= 15 is 0 Å². The van der Waals surface area contributed by atoms with Crippen LogP contribution >= 0.6 is 0 Å². The minimum atomic E-state index is -0.355. The third-order valence-electron chi connectivity index (χ3n) is 14.6. The largest absolute Gasteiger partial charge is 0.310 e. The van der Waals surface area contributed by atoms with Crippen LogP contribution in [0.3, 0.4) is 0 Å². The maximum Gasteiger partial charge on any atom is 0.0502 e. The van der Waals surface area contributed by atoms with E-state index in [-0.39, 0.29) is 16.2 Å². The molecule has 0 saturated heterocycles. The molecule has 2 nitrogen and oxygen atoms in total. The fraction of sp³-hybridized carbons (Fsp3) is 0.148. The van der Waals surface area contributed by atoms with Crippen molar-refractivity contribution >= 4 is 46.3 Å². The van der Waals surface area contributed by atoms with Gasteiger partial charge in [-0.1, -0.05) is 186 Å². The van der Waals surface area contributed by atoms with E-state index in [2.05, 4.69) is 233 Å². The Hall–Kier alpha value is -7.16. The van der Waals surface area contributed by atoms with Gasteiger partial charge in [-0.15, -0.1) is 0 Å². The van der Waals surface area contributed by atoms with Gasteiger partial charge in [-0.2, -0.15) is 0 Å². The molecule has 0 aromatic heterocycles. The Morgan fingerprint density at radius 2 is 0.698 bits per heavy atom. The number of fused-ring (bicyclic) bond motifs is 7. The summed E-state index contributed by atoms with van der Waals surface area (Å²) in [6.45, 7) is 17.6. The lowest BCUT2D eigenvalue weighted by Gasteiger charge is -2.42. The van der Waals surface area contributed by atoms with Crippen LogP contribution in [0.25, 0.3) is 23.3 Å². The standard InChI is InChI=1S/C61H52N2/c1-7-41-25-29-43(30-26-41)39-61(40-44-31-27-42(8-2)28-32-44)49-35-33-45(62-55-21-13-9-17-51(55)59(3,4)52-18-10-14-22-56(52)62)37-47(49)48-38-46(34-36-50(48)61)63-57-23-15-11-19-53(57)60(5,6)54-20-12-16-24-58(54)63/h7-38H,1-2,39-40H2,3-6H3. The lowest BCUT2D eigenvalue weighted by atomic mass is 9.69. The maximum absolute atomic E-state index is 4.06. The topological polar surface area (TPSA) is 6.48 Å². The lowest BCUT2D eigenvalue weighted by Crippen LogP contribution is -2.32. The van der Waals surface area contributed by atoms with Gasteiger partial charge in [0.15, 0.2) is 0 Å². The molecule has 8 aromatic rings. The first-order valence-corrected chi connectivity index (χ1v) is 22.3. The normalized spacial score (nSPS) is 15.6. The zero-order chi connectivity index (χ0) is 43.1. The average Bonchev–Trinajstić information content (AvgIpc) is 3.57. The van der Waals surface area contributed by atoms with Gasteiger partial charge in [-0.3, -0.25) is 0 Å². The van der Waals surface area contributed by atoms with Crippen molar-refractivity contribution in [2.24, 2.45) is 0 Å². The summed E-state index contributed by atoms with van der Waals surface area (Å²) in [5.41, 5.74) is 22.1. The van der Waals surface area contributed by atoms with E-state index in [1.807, 2.05) is 12.2 Å². The summed E-state index contributed by atoms with van der Waals surface area (Å²) in [5, 5.41) is 0. The molecular weight excluding hydrogens is 761 g/mol. The van der Waals surface area contributed by atoms with Crippen molar-refractivity contribution < 1.29 is 0 Å². The van der Waals surface area contributed by atoms with Crippen LogP contribution in [0.15, 0.2) is 195 Å². The van der Waals surface area contributed by atoms with E-state index in [4.69, 9.17) is 0 Å². The van der Waals surface area contributed by atoms with Crippen molar-refractivity contribution in [2.75, 3.05) is 9.80 Å². The van der Waals surface area contributed by atoms with Gasteiger partial charge in [0.2, 0.25) is 0 Å². The molecule has 0 unspecified atom stereocenters. The minimum Gasteiger partial charge on any atom is -0.310 e. The Kier molecular flexibility index (Phi) is 8.89. The van der Waals surface area contributed by atoms with Crippen LogP contribution in [-0.2, 0) is 29.1 Å². The Bertz CT molecular complexity index is 2800. The molecule has 11 rings (SSSR count). The Morgan fingerprint density at radius 1 is 0.381 bits per heavy atom. The molecule has 0 radical (unpaired) electrons. The summed E-state index contributed by atoms with van der Waals surface area (Å²) in [6.07, 6.45) is 5.55. The quantitative estimate of drug-likeness (QED) is 0.151. The summed E-state index contributed by atoms with van der Waals surface area (Å²) in [7, 11) is 0. The highest BCUT2D eigenvalue weighted by atomic mass is 15.2. The molecule has 0 N–H and O–H groups in total. The van der Waals surface area contributed by atoms with Crippen LogP contribution in [0.2, 0.25) is 0 Å². The molecule has 306 valence electrons. The van der Waals surface area contributed by atoms with Crippen molar-refractivity contribution in [3.63, 3.8) is 0 Å². The fourth-order valence-electron chi connectivity index (χ4n) is 11.3. The zero-order valence-electron chi connectivity index (χ0n) is 36.7. The Morgan fingerprint density at radius 3 is 1.02 bits per heavy atom. The fourth-order valence-corrected chi connectivity index (χ4v) is 11.3. The van der Waals surface area contributed by atoms with E-state index < -0.39 is 0 Å². The van der Waals surface area contributed by atoms with Gasteiger partial charge < -0.3 is 9.80 Å². The van der Waals surface area contributed by atoms with Crippen LogP contribution < -0.4 is 9.80 Å². The number of hydrogen-bond acceptors (Lipinski definition) is 2. The van der Waals surface area contributed by atoms with Gasteiger partial charge in [-0.25, -0.2) is 0 Å². The Balaban J connectivity index is 1.17. The molecular formula is C61H52N2. The molecule has 0 atom stereocenters. The Labute approximate surface area is 373 Å². The number of benzene rings is 8. The predicted octanol–water partition coefficient (Wildman–Crippen LogP) is 15.9. The van der Waals surface area contributed by atoms with Crippen LogP contribution in [0.4, 0.5) is 34.1 Å². The molecule has 0 amide bonds. The summed E-state index contributed by atoms with van der Waals surface area (Å²) < 4.78 is 0. The number of hydrogen-bond donors (Lipinski definition) is 0. The maximum atomic E-state index is 4.06.